The highest BCUT2D eigenvalue weighted by Crippen LogP contribution is 2.26. The van der Waals surface area contributed by atoms with Crippen molar-refractivity contribution in [3.05, 3.63) is 84.2 Å². The van der Waals surface area contributed by atoms with Gasteiger partial charge in [-0.15, -0.1) is 0 Å². The first-order valence-corrected chi connectivity index (χ1v) is 9.99. The van der Waals surface area contributed by atoms with Crippen LogP contribution in [0.25, 0.3) is 22.2 Å². The van der Waals surface area contributed by atoms with Gasteiger partial charge in [-0.2, -0.15) is 0 Å². The van der Waals surface area contributed by atoms with Gasteiger partial charge in [0.05, 0.1) is 31.0 Å². The van der Waals surface area contributed by atoms with Crippen LogP contribution in [0.2, 0.25) is 0 Å². The van der Waals surface area contributed by atoms with Crippen molar-refractivity contribution in [1.29, 1.82) is 0 Å². The molecular weight excluding hydrogens is 390 g/mol. The highest BCUT2D eigenvalue weighted by atomic mass is 16.5. The first-order valence-electron chi connectivity index (χ1n) is 9.99. The van der Waals surface area contributed by atoms with E-state index in [1.807, 2.05) is 60.7 Å². The molecule has 2 aromatic carbocycles. The summed E-state index contributed by atoms with van der Waals surface area (Å²) in [6, 6.07) is 18.9. The van der Waals surface area contributed by atoms with E-state index in [2.05, 4.69) is 10.3 Å². The number of aromatic nitrogens is 2. The first kappa shape index (κ1) is 20.3. The number of carbonyl (C=O) groups is 1. The minimum atomic E-state index is -0.142. The van der Waals surface area contributed by atoms with Crippen LogP contribution in [-0.2, 0) is 6.42 Å². The zero-order valence-corrected chi connectivity index (χ0v) is 17.5. The molecule has 4 rings (SSSR count). The van der Waals surface area contributed by atoms with Crippen molar-refractivity contribution >= 4 is 16.8 Å². The Labute approximate surface area is 180 Å². The van der Waals surface area contributed by atoms with Crippen molar-refractivity contribution in [2.75, 3.05) is 20.8 Å². The average Bonchev–Trinajstić information content (AvgIpc) is 2.83. The summed E-state index contributed by atoms with van der Waals surface area (Å²) in [5.41, 5.74) is 3.94. The summed E-state index contributed by atoms with van der Waals surface area (Å²) in [4.78, 5) is 22.0. The number of rotatable bonds is 7. The van der Waals surface area contributed by atoms with E-state index in [0.29, 0.717) is 24.2 Å². The SMILES string of the molecule is COc1ccc(CCNC(=O)c2cc(-c3cccnc3)nc3ccccc23)c(OC)c1. The molecule has 4 aromatic rings. The highest BCUT2D eigenvalue weighted by molar-refractivity contribution is 6.07. The number of amides is 1. The van der Waals surface area contributed by atoms with Gasteiger partial charge in [0.25, 0.3) is 5.91 Å². The molecule has 0 aliphatic heterocycles. The number of ether oxygens (including phenoxy) is 2. The number of pyridine rings is 2. The Bertz CT molecular complexity index is 1210. The van der Waals surface area contributed by atoms with E-state index in [4.69, 9.17) is 14.5 Å². The number of nitrogens with one attached hydrogen (secondary N) is 1. The van der Waals surface area contributed by atoms with Crippen LogP contribution < -0.4 is 14.8 Å². The summed E-state index contributed by atoms with van der Waals surface area (Å²) >= 11 is 0. The number of fused-ring (bicyclic) bond motifs is 1. The molecule has 0 saturated carbocycles. The van der Waals surface area contributed by atoms with Crippen molar-refractivity contribution in [2.24, 2.45) is 0 Å². The number of benzene rings is 2. The number of carbonyl (C=O) groups excluding carboxylic acids is 1. The normalized spacial score (nSPS) is 10.6. The van der Waals surface area contributed by atoms with E-state index < -0.39 is 0 Å². The number of nitrogens with zero attached hydrogens (tertiary/aromatic N) is 2. The van der Waals surface area contributed by atoms with Crippen molar-refractivity contribution in [2.45, 2.75) is 6.42 Å². The number of para-hydroxylation sites is 1. The molecule has 31 heavy (non-hydrogen) atoms. The molecule has 2 aromatic heterocycles. The summed E-state index contributed by atoms with van der Waals surface area (Å²) in [5.74, 6) is 1.33. The zero-order valence-electron chi connectivity index (χ0n) is 17.5. The topological polar surface area (TPSA) is 73.3 Å². The number of methoxy groups -OCH3 is 2. The first-order chi connectivity index (χ1) is 15.2. The molecule has 0 bridgehead atoms. The van der Waals surface area contributed by atoms with E-state index in [0.717, 1.165) is 33.5 Å². The Morgan fingerprint density at radius 1 is 1.00 bits per heavy atom. The molecular formula is C25H23N3O3. The van der Waals surface area contributed by atoms with Crippen LogP contribution in [0.5, 0.6) is 11.5 Å². The fourth-order valence-electron chi connectivity index (χ4n) is 3.49. The summed E-state index contributed by atoms with van der Waals surface area (Å²) in [6.45, 7) is 0.473. The van der Waals surface area contributed by atoms with E-state index in [-0.39, 0.29) is 5.91 Å². The van der Waals surface area contributed by atoms with Crippen LogP contribution in [-0.4, -0.2) is 36.6 Å². The quantitative estimate of drug-likeness (QED) is 0.489. The van der Waals surface area contributed by atoms with Crippen LogP contribution in [0, 0.1) is 0 Å². The Morgan fingerprint density at radius 2 is 1.87 bits per heavy atom. The van der Waals surface area contributed by atoms with E-state index in [9.17, 15) is 4.79 Å². The van der Waals surface area contributed by atoms with Crippen molar-refractivity contribution in [3.63, 3.8) is 0 Å². The average molecular weight is 413 g/mol. The van der Waals surface area contributed by atoms with E-state index in [1.165, 1.54) is 0 Å². The van der Waals surface area contributed by atoms with Crippen LogP contribution >= 0.6 is 0 Å². The predicted octanol–water partition coefficient (Wildman–Crippen LogP) is 4.29. The molecule has 2 heterocycles. The van der Waals surface area contributed by atoms with Gasteiger partial charge in [0.1, 0.15) is 11.5 Å². The van der Waals surface area contributed by atoms with Gasteiger partial charge in [-0.05, 0) is 42.3 Å². The van der Waals surface area contributed by atoms with Gasteiger partial charge in [0.2, 0.25) is 0 Å². The summed E-state index contributed by atoms with van der Waals surface area (Å²) in [5, 5.41) is 3.84. The lowest BCUT2D eigenvalue weighted by Gasteiger charge is -2.12. The van der Waals surface area contributed by atoms with Gasteiger partial charge in [0.15, 0.2) is 0 Å². The third-order valence-corrected chi connectivity index (χ3v) is 5.09. The van der Waals surface area contributed by atoms with Gasteiger partial charge in [-0.3, -0.25) is 9.78 Å². The molecule has 1 N–H and O–H groups in total. The minimum Gasteiger partial charge on any atom is -0.497 e. The van der Waals surface area contributed by atoms with Gasteiger partial charge in [-0.1, -0.05) is 24.3 Å². The molecule has 6 nitrogen and oxygen atoms in total. The smallest absolute Gasteiger partial charge is 0.252 e. The molecule has 156 valence electrons. The van der Waals surface area contributed by atoms with Crippen molar-refractivity contribution in [1.82, 2.24) is 15.3 Å². The van der Waals surface area contributed by atoms with Crippen LogP contribution in [0.1, 0.15) is 15.9 Å². The lowest BCUT2D eigenvalue weighted by atomic mass is 10.0. The molecule has 0 saturated heterocycles. The monoisotopic (exact) mass is 413 g/mol. The van der Waals surface area contributed by atoms with Gasteiger partial charge in [0, 0.05) is 36.0 Å². The third-order valence-electron chi connectivity index (χ3n) is 5.09. The van der Waals surface area contributed by atoms with Gasteiger partial charge in [-0.25, -0.2) is 4.98 Å². The molecule has 0 spiro atoms. The Balaban J connectivity index is 1.56. The second-order valence-corrected chi connectivity index (χ2v) is 7.00. The maximum atomic E-state index is 13.1. The lowest BCUT2D eigenvalue weighted by Crippen LogP contribution is -2.26. The fourth-order valence-corrected chi connectivity index (χ4v) is 3.49. The van der Waals surface area contributed by atoms with Crippen LogP contribution in [0.4, 0.5) is 0 Å². The van der Waals surface area contributed by atoms with Crippen LogP contribution in [0.15, 0.2) is 73.1 Å². The largest absolute Gasteiger partial charge is 0.497 e. The van der Waals surface area contributed by atoms with Crippen molar-refractivity contribution < 1.29 is 14.3 Å². The number of hydrogen-bond donors (Lipinski definition) is 1. The van der Waals surface area contributed by atoms with Gasteiger partial charge >= 0.3 is 0 Å². The third kappa shape index (κ3) is 4.48. The standard InChI is InChI=1S/C25H23N3O3/c1-30-19-10-9-17(24(14-19)31-2)11-13-27-25(29)21-15-23(18-6-5-12-26-16-18)28-22-8-4-3-7-20(21)22/h3-10,12,14-16H,11,13H2,1-2H3,(H,27,29). The Hall–Kier alpha value is -3.93. The summed E-state index contributed by atoms with van der Waals surface area (Å²) < 4.78 is 10.7. The zero-order chi connectivity index (χ0) is 21.6. The Kier molecular flexibility index (Phi) is 6.08. The molecule has 0 radical (unpaired) electrons. The van der Waals surface area contributed by atoms with Crippen molar-refractivity contribution in [3.8, 4) is 22.8 Å². The maximum Gasteiger partial charge on any atom is 0.252 e. The highest BCUT2D eigenvalue weighted by Gasteiger charge is 2.14. The van der Waals surface area contributed by atoms with Crippen LogP contribution in [0.3, 0.4) is 0 Å². The molecule has 1 amide bonds. The molecule has 6 heteroatoms. The predicted molar refractivity (Wildman–Crippen MR) is 121 cm³/mol. The second kappa shape index (κ2) is 9.26. The Morgan fingerprint density at radius 3 is 2.65 bits per heavy atom. The van der Waals surface area contributed by atoms with E-state index in [1.54, 1.807) is 26.6 Å². The van der Waals surface area contributed by atoms with Gasteiger partial charge < -0.3 is 14.8 Å². The molecule has 0 aliphatic carbocycles. The van der Waals surface area contributed by atoms with E-state index >= 15 is 0 Å². The fraction of sp³-hybridized carbons (Fsp3) is 0.160. The minimum absolute atomic E-state index is 0.142. The molecule has 0 unspecified atom stereocenters. The molecule has 0 fully saturated rings. The number of hydrogen-bond acceptors (Lipinski definition) is 5. The molecule has 0 atom stereocenters. The lowest BCUT2D eigenvalue weighted by molar-refractivity contribution is 0.0955. The maximum absolute atomic E-state index is 13.1. The molecule has 0 aliphatic rings. The summed E-state index contributed by atoms with van der Waals surface area (Å²) in [6.07, 6.45) is 4.09. The summed E-state index contributed by atoms with van der Waals surface area (Å²) in [7, 11) is 3.24. The second-order valence-electron chi connectivity index (χ2n) is 7.00.